The lowest BCUT2D eigenvalue weighted by Crippen LogP contribution is -2.27. The highest BCUT2D eigenvalue weighted by Crippen LogP contribution is 2.21. The van der Waals surface area contributed by atoms with Gasteiger partial charge in [0.05, 0.1) is 11.8 Å². The molecule has 0 aromatic rings. The van der Waals surface area contributed by atoms with E-state index in [-0.39, 0.29) is 0 Å². The van der Waals surface area contributed by atoms with Crippen molar-refractivity contribution in [3.63, 3.8) is 0 Å². The van der Waals surface area contributed by atoms with Crippen molar-refractivity contribution in [3.05, 3.63) is 0 Å². The monoisotopic (exact) mass is 384 g/mol. The predicted octanol–water partition coefficient (Wildman–Crippen LogP) is 7.06. The van der Waals surface area contributed by atoms with Gasteiger partial charge >= 0.3 is 11.9 Å². The van der Waals surface area contributed by atoms with Gasteiger partial charge in [0.2, 0.25) is 0 Å². The Hall–Kier alpha value is -1.06. The molecule has 0 aromatic carbocycles. The average molecular weight is 385 g/mol. The number of rotatable bonds is 20. The summed E-state index contributed by atoms with van der Waals surface area (Å²) in [5.41, 5.74) is 0. The zero-order valence-electron chi connectivity index (χ0n) is 17.9. The Kier molecular flexibility index (Phi) is 17.6. The molecule has 4 nitrogen and oxygen atoms in total. The van der Waals surface area contributed by atoms with E-state index in [4.69, 9.17) is 10.2 Å². The maximum absolute atomic E-state index is 11.2. The third-order valence-electron chi connectivity index (χ3n) is 5.68. The van der Waals surface area contributed by atoms with Crippen LogP contribution in [-0.2, 0) is 9.59 Å². The highest BCUT2D eigenvalue weighted by atomic mass is 16.4. The zero-order chi connectivity index (χ0) is 20.3. The first kappa shape index (κ1) is 25.9. The van der Waals surface area contributed by atoms with Gasteiger partial charge in [0.25, 0.3) is 0 Å². The first-order valence-electron chi connectivity index (χ1n) is 11.5. The number of carboxylic acid groups (broad SMARTS) is 2. The second-order valence-electron chi connectivity index (χ2n) is 8.16. The molecule has 0 bridgehead atoms. The fraction of sp³-hybridized carbons (Fsp3) is 0.913. The normalized spacial score (nSPS) is 13.4. The van der Waals surface area contributed by atoms with E-state index in [1.807, 2.05) is 0 Å². The van der Waals surface area contributed by atoms with Crippen LogP contribution in [0.2, 0.25) is 0 Å². The molecule has 0 rings (SSSR count). The van der Waals surface area contributed by atoms with Gasteiger partial charge in [-0.15, -0.1) is 0 Å². The lowest BCUT2D eigenvalue weighted by atomic mass is 9.89. The molecule has 0 saturated heterocycles. The Bertz CT molecular complexity index is 367. The van der Waals surface area contributed by atoms with Crippen LogP contribution in [0.3, 0.4) is 0 Å². The molecule has 2 atom stereocenters. The lowest BCUT2D eigenvalue weighted by Gasteiger charge is -2.16. The zero-order valence-corrected chi connectivity index (χ0v) is 17.9. The molecule has 0 saturated carbocycles. The fourth-order valence-corrected chi connectivity index (χ4v) is 3.67. The van der Waals surface area contributed by atoms with Crippen molar-refractivity contribution >= 4 is 11.9 Å². The van der Waals surface area contributed by atoms with E-state index < -0.39 is 23.8 Å². The Morgan fingerprint density at radius 2 is 0.926 bits per heavy atom. The van der Waals surface area contributed by atoms with Crippen molar-refractivity contribution in [2.24, 2.45) is 11.8 Å². The van der Waals surface area contributed by atoms with Crippen LogP contribution in [0, 0.1) is 11.8 Å². The quantitative estimate of drug-likeness (QED) is 0.220. The second kappa shape index (κ2) is 18.3. The minimum atomic E-state index is -1.01. The molecule has 0 aliphatic carbocycles. The van der Waals surface area contributed by atoms with E-state index in [9.17, 15) is 9.59 Å². The fourth-order valence-electron chi connectivity index (χ4n) is 3.67. The van der Waals surface area contributed by atoms with Crippen LogP contribution >= 0.6 is 0 Å². The highest BCUT2D eigenvalue weighted by Gasteiger charge is 2.29. The first-order valence-corrected chi connectivity index (χ1v) is 11.5. The molecule has 0 amide bonds. The van der Waals surface area contributed by atoms with Gasteiger partial charge in [-0.25, -0.2) is 0 Å². The predicted molar refractivity (Wildman–Crippen MR) is 112 cm³/mol. The molecule has 0 spiro atoms. The maximum Gasteiger partial charge on any atom is 0.307 e. The van der Waals surface area contributed by atoms with E-state index in [0.717, 1.165) is 19.3 Å². The summed E-state index contributed by atoms with van der Waals surface area (Å²) >= 11 is 0. The molecule has 0 radical (unpaired) electrons. The summed E-state index contributed by atoms with van der Waals surface area (Å²) < 4.78 is 0. The van der Waals surface area contributed by atoms with Crippen LogP contribution in [0.15, 0.2) is 0 Å². The molecule has 0 aromatic heterocycles. The Balaban J connectivity index is 3.37. The molecule has 0 aliphatic rings. The number of carboxylic acids is 2. The van der Waals surface area contributed by atoms with Crippen LogP contribution in [-0.4, -0.2) is 22.2 Å². The summed E-state index contributed by atoms with van der Waals surface area (Å²) in [5.74, 6) is -3.56. The van der Waals surface area contributed by atoms with Crippen molar-refractivity contribution in [1.82, 2.24) is 0 Å². The molecule has 0 aliphatic heterocycles. The Labute approximate surface area is 167 Å². The van der Waals surface area contributed by atoms with E-state index in [2.05, 4.69) is 6.92 Å². The van der Waals surface area contributed by atoms with Crippen LogP contribution in [0.25, 0.3) is 0 Å². The molecule has 0 fully saturated rings. The van der Waals surface area contributed by atoms with Gasteiger partial charge in [-0.05, 0) is 6.42 Å². The SMILES string of the molecule is CCCCCCCCCCCCCCCCCCC(C(=O)O)C(C)C(=O)O. The summed E-state index contributed by atoms with van der Waals surface area (Å²) in [4.78, 5) is 22.1. The van der Waals surface area contributed by atoms with Crippen molar-refractivity contribution in [2.45, 2.75) is 123 Å². The largest absolute Gasteiger partial charge is 0.481 e. The lowest BCUT2D eigenvalue weighted by molar-refractivity contribution is -0.153. The van der Waals surface area contributed by atoms with Crippen LogP contribution in [0.1, 0.15) is 123 Å². The van der Waals surface area contributed by atoms with Gasteiger partial charge in [-0.1, -0.05) is 117 Å². The van der Waals surface area contributed by atoms with Crippen LogP contribution in [0.5, 0.6) is 0 Å². The van der Waals surface area contributed by atoms with Gasteiger partial charge in [0, 0.05) is 0 Å². The minimum absolute atomic E-state index is 0.473. The number of unbranched alkanes of at least 4 members (excludes halogenated alkanes) is 15. The topological polar surface area (TPSA) is 74.6 Å². The highest BCUT2D eigenvalue weighted by molar-refractivity contribution is 5.79. The third kappa shape index (κ3) is 15.7. The first-order chi connectivity index (χ1) is 13.0. The molecule has 160 valence electrons. The Morgan fingerprint density at radius 3 is 1.22 bits per heavy atom. The maximum atomic E-state index is 11.2. The van der Waals surface area contributed by atoms with E-state index in [1.54, 1.807) is 0 Å². The second-order valence-corrected chi connectivity index (χ2v) is 8.16. The van der Waals surface area contributed by atoms with Gasteiger partial charge in [0.15, 0.2) is 0 Å². The molecular formula is C23H44O4. The number of aliphatic carboxylic acids is 2. The summed E-state index contributed by atoms with van der Waals surface area (Å²) in [6.07, 6.45) is 21.0. The van der Waals surface area contributed by atoms with Gasteiger partial charge in [0.1, 0.15) is 0 Å². The van der Waals surface area contributed by atoms with Gasteiger partial charge in [-0.3, -0.25) is 9.59 Å². The molecular weight excluding hydrogens is 340 g/mol. The molecule has 4 heteroatoms. The Morgan fingerprint density at radius 1 is 0.593 bits per heavy atom. The van der Waals surface area contributed by atoms with E-state index in [0.29, 0.717) is 6.42 Å². The number of carbonyl (C=O) groups is 2. The van der Waals surface area contributed by atoms with Crippen molar-refractivity contribution in [1.29, 1.82) is 0 Å². The van der Waals surface area contributed by atoms with Gasteiger partial charge < -0.3 is 10.2 Å². The summed E-state index contributed by atoms with van der Waals surface area (Å²) in [6.45, 7) is 3.76. The van der Waals surface area contributed by atoms with Gasteiger partial charge in [-0.2, -0.15) is 0 Å². The minimum Gasteiger partial charge on any atom is -0.481 e. The van der Waals surface area contributed by atoms with Crippen molar-refractivity contribution in [2.75, 3.05) is 0 Å². The van der Waals surface area contributed by atoms with E-state index >= 15 is 0 Å². The summed E-state index contributed by atoms with van der Waals surface area (Å²) in [5, 5.41) is 18.1. The molecule has 0 heterocycles. The molecule has 27 heavy (non-hydrogen) atoms. The molecule has 2 N–H and O–H groups in total. The number of hydrogen-bond acceptors (Lipinski definition) is 2. The summed E-state index contributed by atoms with van der Waals surface area (Å²) in [6, 6.07) is 0. The summed E-state index contributed by atoms with van der Waals surface area (Å²) in [7, 11) is 0. The average Bonchev–Trinajstić information content (AvgIpc) is 2.63. The number of hydrogen-bond donors (Lipinski definition) is 2. The van der Waals surface area contributed by atoms with Crippen LogP contribution in [0.4, 0.5) is 0 Å². The van der Waals surface area contributed by atoms with Crippen molar-refractivity contribution < 1.29 is 19.8 Å². The third-order valence-corrected chi connectivity index (χ3v) is 5.68. The van der Waals surface area contributed by atoms with Crippen LogP contribution < -0.4 is 0 Å². The smallest absolute Gasteiger partial charge is 0.307 e. The molecule has 2 unspecified atom stereocenters. The standard InChI is InChI=1S/C23H44O4/c1-3-4-5-6-7-8-9-10-11-12-13-14-15-16-17-18-19-21(23(26)27)20(2)22(24)25/h20-21H,3-19H2,1-2H3,(H,24,25)(H,26,27). The van der Waals surface area contributed by atoms with E-state index in [1.165, 1.54) is 90.4 Å². The van der Waals surface area contributed by atoms with Crippen molar-refractivity contribution in [3.8, 4) is 0 Å².